The maximum absolute atomic E-state index is 12.0. The molecule has 1 amide bonds. The second kappa shape index (κ2) is 6.72. The molecule has 0 spiro atoms. The lowest BCUT2D eigenvalue weighted by Gasteiger charge is -2.18. The van der Waals surface area contributed by atoms with E-state index in [2.05, 4.69) is 36.4 Å². The normalized spacial score (nSPS) is 11.4. The summed E-state index contributed by atoms with van der Waals surface area (Å²) < 4.78 is 4.93. The number of hydrogen-bond acceptors (Lipinski definition) is 6. The van der Waals surface area contributed by atoms with Crippen LogP contribution in [0.1, 0.15) is 30.4 Å². The third-order valence-corrected chi connectivity index (χ3v) is 3.25. The SMILES string of the molecule is COCCNc1nc(N)c(C(=O)NCC(C)(C)C)s1. The van der Waals surface area contributed by atoms with Crippen LogP contribution in [0.25, 0.3) is 0 Å². The third-order valence-electron chi connectivity index (χ3n) is 2.22. The van der Waals surface area contributed by atoms with Crippen LogP contribution in [0.2, 0.25) is 0 Å². The molecular formula is C12H22N4O2S. The van der Waals surface area contributed by atoms with Crippen LogP contribution in [0.4, 0.5) is 10.9 Å². The number of aromatic nitrogens is 1. The van der Waals surface area contributed by atoms with Crippen LogP contribution in [0.3, 0.4) is 0 Å². The van der Waals surface area contributed by atoms with Gasteiger partial charge in [0, 0.05) is 20.2 Å². The van der Waals surface area contributed by atoms with E-state index in [9.17, 15) is 4.79 Å². The Morgan fingerprint density at radius 2 is 2.16 bits per heavy atom. The van der Waals surface area contributed by atoms with Gasteiger partial charge in [0.25, 0.3) is 5.91 Å². The van der Waals surface area contributed by atoms with Crippen molar-refractivity contribution in [3.8, 4) is 0 Å². The van der Waals surface area contributed by atoms with Gasteiger partial charge in [-0.15, -0.1) is 0 Å². The van der Waals surface area contributed by atoms with Crippen molar-refractivity contribution >= 4 is 28.2 Å². The largest absolute Gasteiger partial charge is 0.383 e. The Hall–Kier alpha value is -1.34. The monoisotopic (exact) mass is 286 g/mol. The highest BCUT2D eigenvalue weighted by molar-refractivity contribution is 7.18. The number of amides is 1. The number of anilines is 2. The first-order chi connectivity index (χ1) is 8.83. The van der Waals surface area contributed by atoms with Gasteiger partial charge in [0.1, 0.15) is 10.7 Å². The van der Waals surface area contributed by atoms with E-state index in [-0.39, 0.29) is 17.1 Å². The molecule has 6 nitrogen and oxygen atoms in total. The number of rotatable bonds is 6. The smallest absolute Gasteiger partial charge is 0.265 e. The van der Waals surface area contributed by atoms with Gasteiger partial charge in [-0.2, -0.15) is 0 Å². The molecule has 0 aliphatic carbocycles. The lowest BCUT2D eigenvalue weighted by molar-refractivity contribution is 0.0944. The number of hydrogen-bond donors (Lipinski definition) is 3. The fourth-order valence-electron chi connectivity index (χ4n) is 1.26. The summed E-state index contributed by atoms with van der Waals surface area (Å²) in [6.07, 6.45) is 0. The summed E-state index contributed by atoms with van der Waals surface area (Å²) in [6.45, 7) is 7.97. The number of nitrogens with zero attached hydrogens (tertiary/aromatic N) is 1. The number of methoxy groups -OCH3 is 1. The average Bonchev–Trinajstić information content (AvgIpc) is 2.67. The van der Waals surface area contributed by atoms with Crippen LogP contribution in [0, 0.1) is 5.41 Å². The van der Waals surface area contributed by atoms with Gasteiger partial charge in [-0.3, -0.25) is 4.79 Å². The van der Waals surface area contributed by atoms with Gasteiger partial charge in [0.2, 0.25) is 0 Å². The van der Waals surface area contributed by atoms with Gasteiger partial charge in [0.05, 0.1) is 6.61 Å². The Balaban J connectivity index is 2.60. The van der Waals surface area contributed by atoms with E-state index in [0.29, 0.717) is 29.7 Å². The summed E-state index contributed by atoms with van der Waals surface area (Å²) in [5.41, 5.74) is 5.79. The summed E-state index contributed by atoms with van der Waals surface area (Å²) in [4.78, 5) is 16.5. The first-order valence-corrected chi connectivity index (χ1v) is 6.92. The zero-order chi connectivity index (χ0) is 14.5. The maximum Gasteiger partial charge on any atom is 0.265 e. The lowest BCUT2D eigenvalue weighted by atomic mass is 9.97. The van der Waals surface area contributed by atoms with Crippen molar-refractivity contribution in [1.29, 1.82) is 0 Å². The summed E-state index contributed by atoms with van der Waals surface area (Å²) >= 11 is 1.25. The van der Waals surface area contributed by atoms with Crippen molar-refractivity contribution in [2.24, 2.45) is 5.41 Å². The molecule has 1 heterocycles. The maximum atomic E-state index is 12.0. The summed E-state index contributed by atoms with van der Waals surface area (Å²) in [7, 11) is 1.63. The minimum Gasteiger partial charge on any atom is -0.383 e. The van der Waals surface area contributed by atoms with E-state index in [4.69, 9.17) is 10.5 Å². The van der Waals surface area contributed by atoms with E-state index in [1.165, 1.54) is 11.3 Å². The summed E-state index contributed by atoms with van der Waals surface area (Å²) in [5.74, 6) is 0.0843. The van der Waals surface area contributed by atoms with Gasteiger partial charge in [-0.25, -0.2) is 4.98 Å². The first-order valence-electron chi connectivity index (χ1n) is 6.11. The van der Waals surface area contributed by atoms with Crippen molar-refractivity contribution in [1.82, 2.24) is 10.3 Å². The molecule has 0 fully saturated rings. The van der Waals surface area contributed by atoms with Crippen molar-refractivity contribution in [2.45, 2.75) is 20.8 Å². The highest BCUT2D eigenvalue weighted by Gasteiger charge is 2.18. The number of nitrogens with two attached hydrogens (primary N) is 1. The van der Waals surface area contributed by atoms with Gasteiger partial charge in [0.15, 0.2) is 5.13 Å². The van der Waals surface area contributed by atoms with Crippen molar-refractivity contribution in [3.63, 3.8) is 0 Å². The van der Waals surface area contributed by atoms with E-state index in [1.807, 2.05) is 0 Å². The molecule has 1 rings (SSSR count). The Morgan fingerprint density at radius 3 is 2.74 bits per heavy atom. The number of nitrogen functional groups attached to an aromatic ring is 1. The molecule has 1 aromatic rings. The molecule has 0 bridgehead atoms. The molecule has 0 aliphatic heterocycles. The first kappa shape index (κ1) is 15.7. The fraction of sp³-hybridized carbons (Fsp3) is 0.667. The molecule has 19 heavy (non-hydrogen) atoms. The topological polar surface area (TPSA) is 89.3 Å². The van der Waals surface area contributed by atoms with Crippen LogP contribution in [-0.2, 0) is 4.74 Å². The van der Waals surface area contributed by atoms with Crippen molar-refractivity contribution in [2.75, 3.05) is 37.9 Å². The van der Waals surface area contributed by atoms with Crippen LogP contribution in [-0.4, -0.2) is 37.7 Å². The number of ether oxygens (including phenoxy) is 1. The van der Waals surface area contributed by atoms with Crippen LogP contribution < -0.4 is 16.4 Å². The average molecular weight is 286 g/mol. The van der Waals surface area contributed by atoms with Crippen molar-refractivity contribution < 1.29 is 9.53 Å². The Labute approximate surface area is 117 Å². The molecule has 0 radical (unpaired) electrons. The number of carbonyl (C=O) groups is 1. The van der Waals surface area contributed by atoms with Gasteiger partial charge >= 0.3 is 0 Å². The molecule has 0 saturated heterocycles. The zero-order valence-electron chi connectivity index (χ0n) is 11.9. The second-order valence-corrected chi connectivity index (χ2v) is 6.40. The molecule has 0 saturated carbocycles. The summed E-state index contributed by atoms with van der Waals surface area (Å²) in [6, 6.07) is 0. The predicted molar refractivity (Wildman–Crippen MR) is 78.7 cm³/mol. The molecule has 0 aromatic carbocycles. The van der Waals surface area contributed by atoms with Crippen molar-refractivity contribution in [3.05, 3.63) is 4.88 Å². The summed E-state index contributed by atoms with van der Waals surface area (Å²) in [5, 5.41) is 6.55. The molecule has 108 valence electrons. The molecule has 0 aliphatic rings. The standard InChI is InChI=1S/C12H22N4O2S/c1-12(2,3)7-15-10(17)8-9(13)16-11(19-8)14-5-6-18-4/h5-7,13H2,1-4H3,(H,14,16)(H,15,17). The molecule has 0 unspecified atom stereocenters. The molecule has 4 N–H and O–H groups in total. The van der Waals surface area contributed by atoms with Gasteiger partial charge in [-0.1, -0.05) is 32.1 Å². The van der Waals surface area contributed by atoms with Crippen LogP contribution in [0.5, 0.6) is 0 Å². The quantitative estimate of drug-likeness (QED) is 0.691. The van der Waals surface area contributed by atoms with E-state index in [1.54, 1.807) is 7.11 Å². The minimum atomic E-state index is -0.176. The number of nitrogens with one attached hydrogen (secondary N) is 2. The molecular weight excluding hydrogens is 264 g/mol. The molecule has 1 aromatic heterocycles. The fourth-order valence-corrected chi connectivity index (χ4v) is 2.08. The Kier molecular flexibility index (Phi) is 5.56. The van der Waals surface area contributed by atoms with Gasteiger partial charge < -0.3 is 21.1 Å². The number of thiazole rings is 1. The van der Waals surface area contributed by atoms with Crippen LogP contribution >= 0.6 is 11.3 Å². The predicted octanol–water partition coefficient (Wildman–Crippen LogP) is 1.56. The van der Waals surface area contributed by atoms with E-state index < -0.39 is 0 Å². The highest BCUT2D eigenvalue weighted by atomic mass is 32.1. The zero-order valence-corrected chi connectivity index (χ0v) is 12.7. The van der Waals surface area contributed by atoms with E-state index >= 15 is 0 Å². The minimum absolute atomic E-state index is 0.0364. The number of carbonyl (C=O) groups excluding carboxylic acids is 1. The highest BCUT2D eigenvalue weighted by Crippen LogP contribution is 2.24. The lowest BCUT2D eigenvalue weighted by Crippen LogP contribution is -2.32. The van der Waals surface area contributed by atoms with Crippen LogP contribution in [0.15, 0.2) is 0 Å². The van der Waals surface area contributed by atoms with Gasteiger partial charge in [-0.05, 0) is 5.41 Å². The molecule has 7 heteroatoms. The third kappa shape index (κ3) is 5.44. The second-order valence-electron chi connectivity index (χ2n) is 5.40. The Bertz CT molecular complexity index is 426. The Morgan fingerprint density at radius 1 is 1.47 bits per heavy atom. The molecule has 0 atom stereocenters. The van der Waals surface area contributed by atoms with E-state index in [0.717, 1.165) is 0 Å².